The van der Waals surface area contributed by atoms with Crippen LogP contribution in [-0.4, -0.2) is 5.91 Å². The molecule has 2 aromatic carbocycles. The Morgan fingerprint density at radius 3 is 2.20 bits per heavy atom. The first kappa shape index (κ1) is 15.0. The van der Waals surface area contributed by atoms with Crippen molar-refractivity contribution in [2.75, 3.05) is 11.1 Å². The Morgan fingerprint density at radius 2 is 1.65 bits per heavy atom. The van der Waals surface area contributed by atoms with Crippen molar-refractivity contribution >= 4 is 52.1 Å². The molecule has 0 aliphatic carbocycles. The molecule has 0 aliphatic heterocycles. The predicted octanol–water partition coefficient (Wildman–Crippen LogP) is 4.79. The molecule has 2 aromatic rings. The molecule has 0 spiro atoms. The predicted molar refractivity (Wildman–Crippen MR) is 85.0 cm³/mol. The molecular weight excluding hydrogens is 319 g/mol. The molecule has 6 heteroatoms. The number of anilines is 2. The van der Waals surface area contributed by atoms with E-state index in [9.17, 15) is 4.79 Å². The maximum absolute atomic E-state index is 12.2. The van der Waals surface area contributed by atoms with Crippen molar-refractivity contribution in [1.29, 1.82) is 0 Å². The van der Waals surface area contributed by atoms with Gasteiger partial charge >= 0.3 is 0 Å². The van der Waals surface area contributed by atoms with Crippen LogP contribution in [-0.2, 0) is 0 Å². The van der Waals surface area contributed by atoms with Gasteiger partial charge in [0.1, 0.15) is 0 Å². The summed E-state index contributed by atoms with van der Waals surface area (Å²) in [6.45, 7) is 1.86. The van der Waals surface area contributed by atoms with Crippen molar-refractivity contribution in [2.45, 2.75) is 6.92 Å². The van der Waals surface area contributed by atoms with Crippen LogP contribution >= 0.6 is 34.8 Å². The third-order valence-electron chi connectivity index (χ3n) is 2.61. The third-order valence-corrected chi connectivity index (χ3v) is 3.42. The minimum atomic E-state index is -0.341. The summed E-state index contributed by atoms with van der Waals surface area (Å²) in [5.74, 6) is -0.341. The number of benzene rings is 2. The van der Waals surface area contributed by atoms with Gasteiger partial charge in [0.15, 0.2) is 0 Å². The van der Waals surface area contributed by atoms with E-state index < -0.39 is 0 Å². The highest BCUT2D eigenvalue weighted by Gasteiger charge is 2.13. The molecule has 0 radical (unpaired) electrons. The van der Waals surface area contributed by atoms with Gasteiger partial charge in [-0.2, -0.15) is 0 Å². The van der Waals surface area contributed by atoms with Gasteiger partial charge in [-0.05, 0) is 42.8 Å². The van der Waals surface area contributed by atoms with Crippen LogP contribution in [0.1, 0.15) is 15.9 Å². The number of aryl methyl sites for hydroxylation is 1. The van der Waals surface area contributed by atoms with Crippen LogP contribution < -0.4 is 11.1 Å². The standard InChI is InChI=1S/C14H11Cl3N2O/c1-7-2-8(4-10(18)3-7)14(20)19-13-11(16)5-9(15)6-12(13)17/h2-6H,18H2,1H3,(H,19,20). The summed E-state index contributed by atoms with van der Waals surface area (Å²) in [6.07, 6.45) is 0. The van der Waals surface area contributed by atoms with Crippen molar-refractivity contribution in [3.05, 3.63) is 56.5 Å². The smallest absolute Gasteiger partial charge is 0.255 e. The van der Waals surface area contributed by atoms with Crippen molar-refractivity contribution in [3.8, 4) is 0 Å². The average molecular weight is 330 g/mol. The number of hydrogen-bond acceptors (Lipinski definition) is 2. The van der Waals surface area contributed by atoms with Gasteiger partial charge in [0.2, 0.25) is 0 Å². The Hall–Kier alpha value is -1.42. The summed E-state index contributed by atoms with van der Waals surface area (Å²) in [7, 11) is 0. The zero-order chi connectivity index (χ0) is 14.9. The highest BCUT2D eigenvalue weighted by molar-refractivity contribution is 6.42. The van der Waals surface area contributed by atoms with Gasteiger partial charge < -0.3 is 11.1 Å². The largest absolute Gasteiger partial charge is 0.399 e. The summed E-state index contributed by atoms with van der Waals surface area (Å²) < 4.78 is 0. The molecule has 3 N–H and O–H groups in total. The fraction of sp³-hybridized carbons (Fsp3) is 0.0714. The number of nitrogens with one attached hydrogen (secondary N) is 1. The Kier molecular flexibility index (Phi) is 4.43. The van der Waals surface area contributed by atoms with Crippen LogP contribution in [0.25, 0.3) is 0 Å². The fourth-order valence-corrected chi connectivity index (χ4v) is 2.70. The monoisotopic (exact) mass is 328 g/mol. The molecule has 0 heterocycles. The van der Waals surface area contributed by atoms with E-state index in [1.807, 2.05) is 6.92 Å². The maximum Gasteiger partial charge on any atom is 0.255 e. The first-order valence-electron chi connectivity index (χ1n) is 5.70. The van der Waals surface area contributed by atoms with Crippen LogP contribution in [0.4, 0.5) is 11.4 Å². The molecule has 0 fully saturated rings. The van der Waals surface area contributed by atoms with Gasteiger partial charge in [0.05, 0.1) is 15.7 Å². The van der Waals surface area contributed by atoms with E-state index in [2.05, 4.69) is 5.32 Å². The second kappa shape index (κ2) is 5.92. The van der Waals surface area contributed by atoms with Crippen molar-refractivity contribution < 1.29 is 4.79 Å². The minimum Gasteiger partial charge on any atom is -0.399 e. The van der Waals surface area contributed by atoms with E-state index in [0.717, 1.165) is 5.56 Å². The number of hydrogen-bond donors (Lipinski definition) is 2. The second-order valence-electron chi connectivity index (χ2n) is 4.33. The molecule has 0 saturated heterocycles. The average Bonchev–Trinajstić information content (AvgIpc) is 2.32. The van der Waals surface area contributed by atoms with Crippen LogP contribution in [0.2, 0.25) is 15.1 Å². The molecule has 0 saturated carbocycles. The first-order chi connectivity index (χ1) is 9.36. The summed E-state index contributed by atoms with van der Waals surface area (Å²) >= 11 is 17.9. The quantitative estimate of drug-likeness (QED) is 0.778. The highest BCUT2D eigenvalue weighted by Crippen LogP contribution is 2.34. The van der Waals surface area contributed by atoms with Crippen molar-refractivity contribution in [1.82, 2.24) is 0 Å². The number of carbonyl (C=O) groups excluding carboxylic acids is 1. The van der Waals surface area contributed by atoms with Gasteiger partial charge in [-0.1, -0.05) is 34.8 Å². The zero-order valence-corrected chi connectivity index (χ0v) is 12.8. The lowest BCUT2D eigenvalue weighted by atomic mass is 10.1. The molecule has 20 heavy (non-hydrogen) atoms. The molecule has 0 atom stereocenters. The topological polar surface area (TPSA) is 55.1 Å². The van der Waals surface area contributed by atoms with Gasteiger partial charge in [-0.3, -0.25) is 4.79 Å². The SMILES string of the molecule is Cc1cc(N)cc(C(=O)Nc2c(Cl)cc(Cl)cc2Cl)c1. The van der Waals surface area contributed by atoms with E-state index in [4.69, 9.17) is 40.5 Å². The van der Waals surface area contributed by atoms with Crippen LogP contribution in [0, 0.1) is 6.92 Å². The molecule has 0 aliphatic rings. The van der Waals surface area contributed by atoms with Crippen molar-refractivity contribution in [2.24, 2.45) is 0 Å². The summed E-state index contributed by atoms with van der Waals surface area (Å²) in [4.78, 5) is 12.2. The fourth-order valence-electron chi connectivity index (χ4n) is 1.79. The molecule has 104 valence electrons. The molecular formula is C14H11Cl3N2O. The summed E-state index contributed by atoms with van der Waals surface area (Å²) in [5.41, 5.74) is 7.89. The Balaban J connectivity index is 2.32. The summed E-state index contributed by atoms with van der Waals surface area (Å²) in [6, 6.07) is 8.10. The molecule has 3 nitrogen and oxygen atoms in total. The minimum absolute atomic E-state index is 0.275. The number of rotatable bonds is 2. The maximum atomic E-state index is 12.2. The van der Waals surface area contributed by atoms with Crippen LogP contribution in [0.3, 0.4) is 0 Å². The van der Waals surface area contributed by atoms with Gasteiger partial charge in [0, 0.05) is 16.3 Å². The number of nitrogen functional groups attached to an aromatic ring is 1. The van der Waals surface area contributed by atoms with Crippen molar-refractivity contribution in [3.63, 3.8) is 0 Å². The molecule has 0 bridgehead atoms. The number of nitrogens with two attached hydrogens (primary N) is 1. The third kappa shape index (κ3) is 3.37. The molecule has 0 aromatic heterocycles. The lowest BCUT2D eigenvalue weighted by Gasteiger charge is -2.10. The first-order valence-corrected chi connectivity index (χ1v) is 6.83. The second-order valence-corrected chi connectivity index (χ2v) is 5.58. The van der Waals surface area contributed by atoms with E-state index >= 15 is 0 Å². The Morgan fingerprint density at radius 1 is 1.05 bits per heavy atom. The van der Waals surface area contributed by atoms with E-state index in [1.54, 1.807) is 18.2 Å². The van der Waals surface area contributed by atoms with Crippen LogP contribution in [0.5, 0.6) is 0 Å². The summed E-state index contributed by atoms with van der Waals surface area (Å²) in [5, 5.41) is 3.61. The van der Waals surface area contributed by atoms with Gasteiger partial charge in [0.25, 0.3) is 5.91 Å². The zero-order valence-electron chi connectivity index (χ0n) is 10.5. The van der Waals surface area contributed by atoms with E-state index in [0.29, 0.717) is 22.0 Å². The Labute approximate surface area is 131 Å². The lowest BCUT2D eigenvalue weighted by molar-refractivity contribution is 0.102. The Bertz CT molecular complexity index is 643. The van der Waals surface area contributed by atoms with Crippen LogP contribution in [0.15, 0.2) is 30.3 Å². The number of carbonyl (C=O) groups is 1. The number of amides is 1. The highest BCUT2D eigenvalue weighted by atomic mass is 35.5. The lowest BCUT2D eigenvalue weighted by Crippen LogP contribution is -2.13. The molecule has 0 unspecified atom stereocenters. The molecule has 1 amide bonds. The normalized spacial score (nSPS) is 10.4. The molecule has 2 rings (SSSR count). The van der Waals surface area contributed by atoms with Gasteiger partial charge in [-0.25, -0.2) is 0 Å². The van der Waals surface area contributed by atoms with E-state index in [1.165, 1.54) is 12.1 Å². The van der Waals surface area contributed by atoms with Gasteiger partial charge in [-0.15, -0.1) is 0 Å². The number of halogens is 3. The van der Waals surface area contributed by atoms with E-state index in [-0.39, 0.29) is 16.0 Å².